The normalized spacial score (nSPS) is 16.4. The first-order chi connectivity index (χ1) is 7.70. The average molecular weight is 242 g/mol. The molecule has 0 saturated carbocycles. The monoisotopic (exact) mass is 242 g/mol. The van der Waals surface area contributed by atoms with Crippen LogP contribution in [-0.4, -0.2) is 23.9 Å². The number of ether oxygens (including phenoxy) is 1. The molecule has 0 radical (unpaired) electrons. The Bertz CT molecular complexity index is 352. The Balaban J connectivity index is 2.99. The summed E-state index contributed by atoms with van der Waals surface area (Å²) in [6.07, 6.45) is -0.274. The molecule has 0 bridgehead atoms. The first-order valence-corrected chi connectivity index (χ1v) is 6.48. The molecule has 1 N–H and O–H groups in total. The van der Waals surface area contributed by atoms with Gasteiger partial charge in [0.05, 0.1) is 5.66 Å². The van der Waals surface area contributed by atoms with Gasteiger partial charge in [0.2, 0.25) is 0 Å². The summed E-state index contributed by atoms with van der Waals surface area (Å²) < 4.78 is 16.5. The van der Waals surface area contributed by atoms with Gasteiger partial charge in [-0.1, -0.05) is 30.3 Å². The fourth-order valence-corrected chi connectivity index (χ4v) is 2.47. The predicted octanol–water partition coefficient (Wildman–Crippen LogP) is 1.80. The number of carbonyl (C=O) groups is 1. The lowest BCUT2D eigenvalue weighted by Gasteiger charge is -2.20. The SMILES string of the molecule is CCOC(C=O)C(c1ccccc1)[PH](=O)O. The lowest BCUT2D eigenvalue weighted by atomic mass is 10.1. The molecule has 16 heavy (non-hydrogen) atoms. The molecule has 1 aromatic rings. The van der Waals surface area contributed by atoms with E-state index < -0.39 is 19.8 Å². The molecule has 1 aromatic carbocycles. The van der Waals surface area contributed by atoms with Crippen LogP contribution in [0, 0.1) is 0 Å². The summed E-state index contributed by atoms with van der Waals surface area (Å²) in [6.45, 7) is 2.08. The zero-order valence-corrected chi connectivity index (χ0v) is 10.00. The van der Waals surface area contributed by atoms with Crippen molar-refractivity contribution in [2.45, 2.75) is 18.7 Å². The van der Waals surface area contributed by atoms with E-state index in [1.165, 1.54) is 0 Å². The largest absolute Gasteiger partial charge is 0.370 e. The van der Waals surface area contributed by atoms with E-state index in [4.69, 9.17) is 4.74 Å². The Labute approximate surface area is 95.1 Å². The molecule has 0 fully saturated rings. The van der Waals surface area contributed by atoms with Gasteiger partial charge in [-0.3, -0.25) is 4.57 Å². The van der Waals surface area contributed by atoms with Crippen molar-refractivity contribution in [3.05, 3.63) is 35.9 Å². The summed E-state index contributed by atoms with van der Waals surface area (Å²) in [4.78, 5) is 20.2. The molecule has 4 nitrogen and oxygen atoms in total. The van der Waals surface area contributed by atoms with Gasteiger partial charge in [-0.15, -0.1) is 0 Å². The second-order valence-corrected chi connectivity index (χ2v) is 4.58. The maximum Gasteiger partial charge on any atom is 0.199 e. The first kappa shape index (κ1) is 13.1. The number of hydrogen-bond acceptors (Lipinski definition) is 3. The number of carbonyl (C=O) groups excluding carboxylic acids is 1. The molecule has 0 aliphatic heterocycles. The third kappa shape index (κ3) is 3.27. The fourth-order valence-electron chi connectivity index (χ4n) is 1.54. The highest BCUT2D eigenvalue weighted by Gasteiger charge is 2.27. The Kier molecular flexibility index (Phi) is 5.39. The maximum atomic E-state index is 11.3. The molecule has 0 amide bonds. The summed E-state index contributed by atoms with van der Waals surface area (Å²) in [7, 11) is -2.86. The molecule has 1 rings (SSSR count). The van der Waals surface area contributed by atoms with Crippen molar-refractivity contribution in [2.24, 2.45) is 0 Å². The van der Waals surface area contributed by atoms with E-state index in [1.807, 2.05) is 6.07 Å². The smallest absolute Gasteiger partial charge is 0.199 e. The molecular formula is C11H15O4P. The van der Waals surface area contributed by atoms with Crippen LogP contribution in [0.2, 0.25) is 0 Å². The molecule has 0 aliphatic carbocycles. The van der Waals surface area contributed by atoms with Gasteiger partial charge in [0, 0.05) is 6.61 Å². The van der Waals surface area contributed by atoms with Crippen molar-refractivity contribution in [1.29, 1.82) is 0 Å². The quantitative estimate of drug-likeness (QED) is 0.610. The van der Waals surface area contributed by atoms with Crippen molar-refractivity contribution < 1.29 is 19.0 Å². The van der Waals surface area contributed by atoms with E-state index in [1.54, 1.807) is 31.2 Å². The van der Waals surface area contributed by atoms with Gasteiger partial charge in [0.1, 0.15) is 12.4 Å². The standard InChI is InChI=1S/C11H15O4P/c1-2-15-10(8-12)11(16(13)14)9-6-4-3-5-7-9/h3-8,10-11,16H,2H2,1H3,(H,13,14). The van der Waals surface area contributed by atoms with Gasteiger partial charge in [0.25, 0.3) is 0 Å². The molecule has 5 heteroatoms. The molecule has 0 aliphatic rings. The highest BCUT2D eigenvalue weighted by atomic mass is 31.1. The zero-order chi connectivity index (χ0) is 12.0. The minimum atomic E-state index is -2.86. The van der Waals surface area contributed by atoms with Crippen LogP contribution >= 0.6 is 8.03 Å². The van der Waals surface area contributed by atoms with Crippen molar-refractivity contribution in [1.82, 2.24) is 0 Å². The second-order valence-electron chi connectivity index (χ2n) is 3.28. The minimum absolute atomic E-state index is 0.335. The van der Waals surface area contributed by atoms with Crippen molar-refractivity contribution in [2.75, 3.05) is 6.61 Å². The number of hydrogen-bond donors (Lipinski definition) is 1. The van der Waals surface area contributed by atoms with E-state index in [-0.39, 0.29) is 0 Å². The van der Waals surface area contributed by atoms with E-state index >= 15 is 0 Å². The Morgan fingerprint density at radius 3 is 2.50 bits per heavy atom. The van der Waals surface area contributed by atoms with Crippen LogP contribution in [0.3, 0.4) is 0 Å². The molecule has 88 valence electrons. The maximum absolute atomic E-state index is 11.3. The van der Waals surface area contributed by atoms with Crippen molar-refractivity contribution >= 4 is 14.3 Å². The third-order valence-electron chi connectivity index (χ3n) is 2.25. The summed E-state index contributed by atoms with van der Waals surface area (Å²) in [5.74, 6) is 0. The topological polar surface area (TPSA) is 63.6 Å². The van der Waals surface area contributed by atoms with Crippen LogP contribution in [-0.2, 0) is 14.1 Å². The molecule has 0 heterocycles. The minimum Gasteiger partial charge on any atom is -0.370 e. The van der Waals surface area contributed by atoms with E-state index in [9.17, 15) is 14.3 Å². The van der Waals surface area contributed by atoms with Gasteiger partial charge >= 0.3 is 0 Å². The molecular weight excluding hydrogens is 227 g/mol. The Morgan fingerprint density at radius 2 is 2.06 bits per heavy atom. The number of benzene rings is 1. The average Bonchev–Trinajstić information content (AvgIpc) is 2.29. The van der Waals surface area contributed by atoms with Crippen LogP contribution in [0.1, 0.15) is 18.1 Å². The van der Waals surface area contributed by atoms with Crippen LogP contribution < -0.4 is 0 Å². The lowest BCUT2D eigenvalue weighted by molar-refractivity contribution is -0.118. The second kappa shape index (κ2) is 6.59. The predicted molar refractivity (Wildman–Crippen MR) is 61.9 cm³/mol. The fraction of sp³-hybridized carbons (Fsp3) is 0.364. The summed E-state index contributed by atoms with van der Waals surface area (Å²) >= 11 is 0. The molecule has 3 unspecified atom stereocenters. The van der Waals surface area contributed by atoms with E-state index in [2.05, 4.69) is 0 Å². The van der Waals surface area contributed by atoms with Crippen LogP contribution in [0.15, 0.2) is 30.3 Å². The zero-order valence-electron chi connectivity index (χ0n) is 9.00. The highest BCUT2D eigenvalue weighted by Crippen LogP contribution is 2.40. The third-order valence-corrected chi connectivity index (χ3v) is 3.44. The van der Waals surface area contributed by atoms with Gasteiger partial charge in [-0.25, -0.2) is 0 Å². The molecule has 0 saturated heterocycles. The highest BCUT2D eigenvalue weighted by molar-refractivity contribution is 7.38. The van der Waals surface area contributed by atoms with Crippen molar-refractivity contribution in [3.8, 4) is 0 Å². The van der Waals surface area contributed by atoms with Crippen LogP contribution in [0.25, 0.3) is 0 Å². The molecule has 0 aromatic heterocycles. The van der Waals surface area contributed by atoms with Crippen molar-refractivity contribution in [3.63, 3.8) is 0 Å². The van der Waals surface area contributed by atoms with Gasteiger partial charge in [0.15, 0.2) is 8.03 Å². The number of aldehydes is 1. The van der Waals surface area contributed by atoms with Gasteiger partial charge < -0.3 is 14.4 Å². The summed E-state index contributed by atoms with van der Waals surface area (Å²) in [6, 6.07) is 8.78. The Hall–Kier alpha value is -0.960. The van der Waals surface area contributed by atoms with Crippen LogP contribution in [0.5, 0.6) is 0 Å². The van der Waals surface area contributed by atoms with Gasteiger partial charge in [-0.2, -0.15) is 0 Å². The van der Waals surface area contributed by atoms with E-state index in [0.717, 1.165) is 0 Å². The molecule has 3 atom stereocenters. The van der Waals surface area contributed by atoms with Gasteiger partial charge in [-0.05, 0) is 12.5 Å². The number of rotatable bonds is 6. The molecule has 0 spiro atoms. The Morgan fingerprint density at radius 1 is 1.44 bits per heavy atom. The summed E-state index contributed by atoms with van der Waals surface area (Å²) in [5.41, 5.74) is -0.108. The first-order valence-electron chi connectivity index (χ1n) is 5.05. The van der Waals surface area contributed by atoms with E-state index in [0.29, 0.717) is 18.5 Å². The van der Waals surface area contributed by atoms with Crippen LogP contribution in [0.4, 0.5) is 0 Å². The lowest BCUT2D eigenvalue weighted by Crippen LogP contribution is -2.21. The summed E-state index contributed by atoms with van der Waals surface area (Å²) in [5, 5.41) is 0.